The van der Waals surface area contributed by atoms with Crippen molar-refractivity contribution in [1.82, 2.24) is 9.78 Å². The van der Waals surface area contributed by atoms with Gasteiger partial charge in [-0.25, -0.2) is 4.68 Å². The number of carbonyl (C=O) groups is 2. The molecule has 5 rings (SSSR count). The zero-order valence-corrected chi connectivity index (χ0v) is 17.7. The van der Waals surface area contributed by atoms with Gasteiger partial charge < -0.3 is 14.5 Å². The summed E-state index contributed by atoms with van der Waals surface area (Å²) in [5.41, 5.74) is 4.98. The molecule has 4 aromatic rings. The van der Waals surface area contributed by atoms with Crippen molar-refractivity contribution in [1.29, 1.82) is 5.26 Å². The fourth-order valence-electron chi connectivity index (χ4n) is 4.12. The molecule has 0 spiro atoms. The summed E-state index contributed by atoms with van der Waals surface area (Å²) < 4.78 is 12.3. The van der Waals surface area contributed by atoms with E-state index in [1.54, 1.807) is 18.4 Å². The smallest absolute Gasteiger partial charge is 0.310 e. The molecule has 2 aromatic carbocycles. The number of esters is 1. The normalized spacial score (nSPS) is 12.3. The Morgan fingerprint density at radius 2 is 1.97 bits per heavy atom. The second kappa shape index (κ2) is 8.63. The number of furan rings is 1. The number of nitrogens with one attached hydrogen (secondary N) is 1. The van der Waals surface area contributed by atoms with Crippen LogP contribution in [0.2, 0.25) is 0 Å². The average molecular weight is 440 g/mol. The molecule has 1 N–H and O–H groups in total. The quantitative estimate of drug-likeness (QED) is 0.458. The number of fused-ring (bicyclic) bond motifs is 2. The zero-order valence-electron chi connectivity index (χ0n) is 17.7. The van der Waals surface area contributed by atoms with Crippen molar-refractivity contribution in [2.45, 2.75) is 25.7 Å². The maximum atomic E-state index is 12.5. The lowest BCUT2D eigenvalue weighted by atomic mass is 10.0. The van der Waals surface area contributed by atoms with Gasteiger partial charge in [-0.15, -0.1) is 0 Å². The number of carbonyl (C=O) groups excluding carboxylic acids is 2. The summed E-state index contributed by atoms with van der Waals surface area (Å²) in [7, 11) is 0. The van der Waals surface area contributed by atoms with Gasteiger partial charge in [0.05, 0.1) is 24.6 Å². The number of aromatic nitrogens is 2. The number of ether oxygens (including phenoxy) is 1. The molecule has 1 aliphatic rings. The number of rotatable bonds is 6. The number of amides is 1. The van der Waals surface area contributed by atoms with E-state index < -0.39 is 18.5 Å². The Hall–Kier alpha value is -4.38. The minimum Gasteiger partial charge on any atom is -0.464 e. The first-order valence-electron chi connectivity index (χ1n) is 10.6. The van der Waals surface area contributed by atoms with Gasteiger partial charge in [-0.2, -0.15) is 10.4 Å². The molecule has 0 atom stereocenters. The van der Waals surface area contributed by atoms with Crippen LogP contribution in [0.25, 0.3) is 16.7 Å². The Bertz CT molecular complexity index is 1400. The van der Waals surface area contributed by atoms with E-state index in [-0.39, 0.29) is 17.8 Å². The standard InChI is InChI=1S/C25H20N4O4/c26-12-19-13-27-29(20-7-2-1-3-8-20)25(19)28-23(30)15-33-24(31)11-18-14-32-22-10-17-6-4-5-16(17)9-21(18)22/h1-3,7-10,13-14H,4-6,11,15H2,(H,28,30). The summed E-state index contributed by atoms with van der Waals surface area (Å²) in [6.45, 7) is -0.477. The van der Waals surface area contributed by atoms with E-state index in [4.69, 9.17) is 9.15 Å². The molecule has 33 heavy (non-hydrogen) atoms. The molecule has 8 heteroatoms. The largest absolute Gasteiger partial charge is 0.464 e. The molecule has 0 fully saturated rings. The highest BCUT2D eigenvalue weighted by molar-refractivity contribution is 5.94. The first-order chi connectivity index (χ1) is 16.1. The van der Waals surface area contributed by atoms with E-state index in [2.05, 4.69) is 16.5 Å². The number of nitriles is 1. The molecule has 1 aliphatic carbocycles. The van der Waals surface area contributed by atoms with Crippen LogP contribution in [0.4, 0.5) is 5.82 Å². The average Bonchev–Trinajstić information content (AvgIpc) is 3.55. The predicted molar refractivity (Wildman–Crippen MR) is 120 cm³/mol. The predicted octanol–water partition coefficient (Wildman–Crippen LogP) is 3.70. The van der Waals surface area contributed by atoms with E-state index in [0.717, 1.165) is 35.8 Å². The zero-order chi connectivity index (χ0) is 22.8. The lowest BCUT2D eigenvalue weighted by Crippen LogP contribution is -2.23. The van der Waals surface area contributed by atoms with Crippen LogP contribution in [0, 0.1) is 11.3 Å². The van der Waals surface area contributed by atoms with Crippen molar-refractivity contribution >= 4 is 28.7 Å². The highest BCUT2D eigenvalue weighted by atomic mass is 16.5. The number of benzene rings is 2. The maximum Gasteiger partial charge on any atom is 0.310 e. The first kappa shape index (κ1) is 20.5. The molecule has 2 heterocycles. The fraction of sp³-hybridized carbons (Fsp3) is 0.200. The molecule has 0 unspecified atom stereocenters. The summed E-state index contributed by atoms with van der Waals surface area (Å²) in [4.78, 5) is 24.8. The summed E-state index contributed by atoms with van der Waals surface area (Å²) in [6, 6.07) is 15.2. The van der Waals surface area contributed by atoms with Crippen molar-refractivity contribution in [3.63, 3.8) is 0 Å². The third kappa shape index (κ3) is 4.08. The van der Waals surface area contributed by atoms with Crippen LogP contribution in [0.15, 0.2) is 59.3 Å². The van der Waals surface area contributed by atoms with Crippen molar-refractivity contribution in [3.05, 3.63) is 77.2 Å². The van der Waals surface area contributed by atoms with Gasteiger partial charge >= 0.3 is 5.97 Å². The second-order valence-electron chi connectivity index (χ2n) is 7.88. The van der Waals surface area contributed by atoms with Crippen LogP contribution < -0.4 is 5.32 Å². The Morgan fingerprint density at radius 3 is 2.76 bits per heavy atom. The summed E-state index contributed by atoms with van der Waals surface area (Å²) in [5, 5.41) is 17.0. The van der Waals surface area contributed by atoms with Gasteiger partial charge in [-0.05, 0) is 54.7 Å². The molecule has 0 saturated carbocycles. The molecule has 0 saturated heterocycles. The minimum atomic E-state index is -0.563. The van der Waals surface area contributed by atoms with Crippen molar-refractivity contribution in [3.8, 4) is 11.8 Å². The second-order valence-corrected chi connectivity index (χ2v) is 7.88. The van der Waals surface area contributed by atoms with E-state index >= 15 is 0 Å². The van der Waals surface area contributed by atoms with Crippen LogP contribution in [-0.2, 0) is 33.6 Å². The fourth-order valence-corrected chi connectivity index (χ4v) is 4.12. The van der Waals surface area contributed by atoms with Crippen molar-refractivity contribution in [2.75, 3.05) is 11.9 Å². The lowest BCUT2D eigenvalue weighted by molar-refractivity contribution is -0.146. The molecule has 0 aliphatic heterocycles. The van der Waals surface area contributed by atoms with Crippen LogP contribution in [0.1, 0.15) is 28.7 Å². The summed E-state index contributed by atoms with van der Waals surface area (Å²) in [5.74, 6) is -0.878. The number of para-hydroxylation sites is 1. The molecular formula is C25H20N4O4. The molecule has 164 valence electrons. The topological polar surface area (TPSA) is 110 Å². The first-order valence-corrected chi connectivity index (χ1v) is 10.6. The number of anilines is 1. The van der Waals surface area contributed by atoms with E-state index in [9.17, 15) is 14.9 Å². The molecule has 0 bridgehead atoms. The molecule has 0 radical (unpaired) electrons. The van der Waals surface area contributed by atoms with E-state index in [1.807, 2.05) is 30.3 Å². The summed E-state index contributed by atoms with van der Waals surface area (Å²) >= 11 is 0. The SMILES string of the molecule is N#Cc1cnn(-c2ccccc2)c1NC(=O)COC(=O)Cc1coc2cc3c(cc12)CCC3. The van der Waals surface area contributed by atoms with Crippen molar-refractivity contribution < 1.29 is 18.7 Å². The molecular weight excluding hydrogens is 420 g/mol. The molecule has 1 amide bonds. The minimum absolute atomic E-state index is 0.00442. The van der Waals surface area contributed by atoms with Crippen LogP contribution >= 0.6 is 0 Å². The molecule has 2 aromatic heterocycles. The van der Waals surface area contributed by atoms with E-state index in [1.165, 1.54) is 22.0 Å². The summed E-state index contributed by atoms with van der Waals surface area (Å²) in [6.07, 6.45) is 6.16. The third-order valence-corrected chi connectivity index (χ3v) is 5.72. The number of hydrogen-bond donors (Lipinski definition) is 1. The number of nitrogens with zero attached hydrogens (tertiary/aromatic N) is 3. The van der Waals surface area contributed by atoms with Crippen LogP contribution in [0.3, 0.4) is 0 Å². The van der Waals surface area contributed by atoms with Gasteiger partial charge in [0.2, 0.25) is 0 Å². The van der Waals surface area contributed by atoms with Crippen LogP contribution in [0.5, 0.6) is 0 Å². The monoisotopic (exact) mass is 440 g/mol. The third-order valence-electron chi connectivity index (χ3n) is 5.72. The van der Waals surface area contributed by atoms with Gasteiger partial charge in [0.25, 0.3) is 5.91 Å². The Labute approximate surface area is 189 Å². The van der Waals surface area contributed by atoms with Crippen LogP contribution in [-0.4, -0.2) is 28.3 Å². The Kier molecular flexibility index (Phi) is 5.37. The maximum absolute atomic E-state index is 12.5. The lowest BCUT2D eigenvalue weighted by Gasteiger charge is -2.10. The van der Waals surface area contributed by atoms with E-state index in [0.29, 0.717) is 5.69 Å². The molecule has 8 nitrogen and oxygen atoms in total. The highest BCUT2D eigenvalue weighted by Gasteiger charge is 2.19. The Balaban J connectivity index is 1.24. The van der Waals surface area contributed by atoms with Gasteiger partial charge in [0, 0.05) is 10.9 Å². The number of hydrogen-bond acceptors (Lipinski definition) is 6. The van der Waals surface area contributed by atoms with Gasteiger partial charge in [0.15, 0.2) is 12.4 Å². The van der Waals surface area contributed by atoms with Crippen molar-refractivity contribution in [2.24, 2.45) is 0 Å². The highest BCUT2D eigenvalue weighted by Crippen LogP contribution is 2.30. The van der Waals surface area contributed by atoms with Gasteiger partial charge in [-0.1, -0.05) is 18.2 Å². The number of aryl methyl sites for hydroxylation is 2. The van der Waals surface area contributed by atoms with Gasteiger partial charge in [-0.3, -0.25) is 9.59 Å². The Morgan fingerprint density at radius 1 is 1.18 bits per heavy atom. The van der Waals surface area contributed by atoms with Gasteiger partial charge in [0.1, 0.15) is 17.2 Å².